The summed E-state index contributed by atoms with van der Waals surface area (Å²) in [6.45, 7) is 2.89. The fourth-order valence-corrected chi connectivity index (χ4v) is 3.55. The van der Waals surface area contributed by atoms with Crippen LogP contribution in [0.25, 0.3) is 0 Å². The number of nitrogens with one attached hydrogen (secondary N) is 2. The van der Waals surface area contributed by atoms with E-state index in [1.807, 2.05) is 0 Å². The van der Waals surface area contributed by atoms with E-state index < -0.39 is 24.0 Å². The van der Waals surface area contributed by atoms with Gasteiger partial charge in [0.05, 0.1) is 5.41 Å². The monoisotopic (exact) mass is 424 g/mol. The molecule has 0 radical (unpaired) electrons. The molecule has 0 spiro atoms. The smallest absolute Gasteiger partial charge is 0.345 e. The van der Waals surface area contributed by atoms with Crippen LogP contribution in [0.4, 0.5) is 4.79 Å². The summed E-state index contributed by atoms with van der Waals surface area (Å²) in [5.74, 6) is -1.56. The third kappa shape index (κ3) is 5.93. The van der Waals surface area contributed by atoms with E-state index in [1.54, 1.807) is 38.1 Å². The van der Waals surface area contributed by atoms with Gasteiger partial charge in [0.25, 0.3) is 0 Å². The minimum atomic E-state index is -1.02. The molecule has 1 aromatic rings. The Labute approximate surface area is 174 Å². The molecule has 2 rings (SSSR count). The highest BCUT2D eigenvalue weighted by Gasteiger charge is 2.43. The molecule has 1 aliphatic rings. The molecule has 1 atom stereocenters. The summed E-state index contributed by atoms with van der Waals surface area (Å²) < 4.78 is 0. The van der Waals surface area contributed by atoms with Crippen LogP contribution in [0.1, 0.15) is 45.1 Å². The minimum Gasteiger partial charge on any atom is -0.345 e. The Morgan fingerprint density at radius 2 is 1.86 bits per heavy atom. The lowest BCUT2D eigenvalue weighted by molar-refractivity contribution is -0.231. The molecule has 1 fully saturated rings. The number of Topliss-reactive ketones (excluding diaryl/α,β-unsaturated/α-hetero) is 1. The zero-order chi connectivity index (χ0) is 21.4. The summed E-state index contributed by atoms with van der Waals surface area (Å²) >= 11 is 6.31. The largest absolute Gasteiger partial charge is 0.450 e. The molecule has 0 aromatic heterocycles. The molecule has 9 heteroatoms. The van der Waals surface area contributed by atoms with Gasteiger partial charge in [-0.25, -0.2) is 19.4 Å². The van der Waals surface area contributed by atoms with E-state index >= 15 is 0 Å². The van der Waals surface area contributed by atoms with Gasteiger partial charge < -0.3 is 10.6 Å². The second-order valence-corrected chi connectivity index (χ2v) is 7.65. The van der Waals surface area contributed by atoms with Crippen LogP contribution in [0.3, 0.4) is 0 Å². The molecular formula is C20H25ClN2O6. The van der Waals surface area contributed by atoms with Crippen molar-refractivity contribution in [2.75, 3.05) is 13.1 Å². The fraction of sp³-hybridized carbons (Fsp3) is 0.500. The van der Waals surface area contributed by atoms with Gasteiger partial charge >= 0.3 is 12.1 Å². The molecule has 2 amide bonds. The molecule has 0 bridgehead atoms. The molecule has 2 N–H and O–H groups in total. The Hall–Kier alpha value is -2.61. The molecule has 8 nitrogen and oxygen atoms in total. The summed E-state index contributed by atoms with van der Waals surface area (Å²) in [6.07, 6.45) is 1.52. The third-order valence-corrected chi connectivity index (χ3v) is 5.19. The average Bonchev–Trinajstić information content (AvgIpc) is 2.70. The van der Waals surface area contributed by atoms with Gasteiger partial charge in [-0.2, -0.15) is 0 Å². The summed E-state index contributed by atoms with van der Waals surface area (Å²) in [5, 5.41) is 5.28. The van der Waals surface area contributed by atoms with Crippen LogP contribution < -0.4 is 10.6 Å². The number of hydrogen-bond donors (Lipinski definition) is 2. The molecule has 29 heavy (non-hydrogen) atoms. The Bertz CT molecular complexity index is 782. The second-order valence-electron chi connectivity index (χ2n) is 7.24. The maximum atomic E-state index is 12.8. The quantitative estimate of drug-likeness (QED) is 0.536. The first-order valence-corrected chi connectivity index (χ1v) is 9.85. The second kappa shape index (κ2) is 10.2. The number of benzene rings is 1. The van der Waals surface area contributed by atoms with Gasteiger partial charge in [0.2, 0.25) is 5.91 Å². The molecule has 1 saturated carbocycles. The predicted molar refractivity (Wildman–Crippen MR) is 105 cm³/mol. The van der Waals surface area contributed by atoms with Gasteiger partial charge in [0.1, 0.15) is 12.3 Å². The highest BCUT2D eigenvalue weighted by atomic mass is 35.5. The number of ketones is 1. The number of carbonyl (C=O) groups excluding carboxylic acids is 4. The lowest BCUT2D eigenvalue weighted by Crippen LogP contribution is -2.48. The summed E-state index contributed by atoms with van der Waals surface area (Å²) in [4.78, 5) is 56.5. The Balaban J connectivity index is 1.93. The average molecular weight is 425 g/mol. The molecule has 0 saturated heterocycles. The van der Waals surface area contributed by atoms with Crippen molar-refractivity contribution in [2.24, 2.45) is 5.92 Å². The van der Waals surface area contributed by atoms with E-state index in [-0.39, 0.29) is 24.2 Å². The molecule has 158 valence electrons. The standard InChI is InChI=1S/C20H25ClN2O6/c1-13(2)18(26)22-11-17(25)28-29-19(27)23-12-20(10-6-5-9-16(20)24)14-7-3-4-8-15(14)21/h3-4,7-8,13H,5-6,9-12H2,1-2H3,(H,22,26)(H,23,27)/t20-/m1/s1. The van der Waals surface area contributed by atoms with Crippen molar-refractivity contribution in [1.82, 2.24) is 10.6 Å². The maximum Gasteiger partial charge on any atom is 0.450 e. The number of amides is 2. The van der Waals surface area contributed by atoms with Crippen LogP contribution in [-0.2, 0) is 29.6 Å². The normalized spacial score (nSPS) is 18.8. The van der Waals surface area contributed by atoms with Crippen LogP contribution in [-0.4, -0.2) is 36.8 Å². The molecule has 0 unspecified atom stereocenters. The van der Waals surface area contributed by atoms with Gasteiger partial charge in [-0.05, 0) is 24.5 Å². The van der Waals surface area contributed by atoms with E-state index in [1.165, 1.54) is 0 Å². The van der Waals surface area contributed by atoms with Crippen molar-refractivity contribution in [3.05, 3.63) is 34.9 Å². The van der Waals surface area contributed by atoms with Crippen molar-refractivity contribution < 1.29 is 29.0 Å². The van der Waals surface area contributed by atoms with Gasteiger partial charge in [0.15, 0.2) is 0 Å². The zero-order valence-corrected chi connectivity index (χ0v) is 17.2. The van der Waals surface area contributed by atoms with E-state index in [2.05, 4.69) is 20.4 Å². The summed E-state index contributed by atoms with van der Waals surface area (Å²) in [7, 11) is 0. The van der Waals surface area contributed by atoms with Crippen molar-refractivity contribution in [3.63, 3.8) is 0 Å². The lowest BCUT2D eigenvalue weighted by atomic mass is 9.68. The van der Waals surface area contributed by atoms with Crippen molar-refractivity contribution in [3.8, 4) is 0 Å². The highest BCUT2D eigenvalue weighted by Crippen LogP contribution is 2.39. The minimum absolute atomic E-state index is 0.00876. The predicted octanol–water partition coefficient (Wildman–Crippen LogP) is 2.68. The van der Waals surface area contributed by atoms with E-state index in [0.29, 0.717) is 23.4 Å². The zero-order valence-electron chi connectivity index (χ0n) is 16.5. The SMILES string of the molecule is CC(C)C(=O)NCC(=O)OOC(=O)NC[C@@]1(c2ccccc2Cl)CCCCC1=O. The van der Waals surface area contributed by atoms with E-state index in [0.717, 1.165) is 12.8 Å². The van der Waals surface area contributed by atoms with Crippen LogP contribution in [0.15, 0.2) is 24.3 Å². The van der Waals surface area contributed by atoms with Crippen LogP contribution >= 0.6 is 11.6 Å². The number of carbonyl (C=O) groups is 4. The number of rotatable bonds is 6. The Morgan fingerprint density at radius 1 is 1.14 bits per heavy atom. The van der Waals surface area contributed by atoms with Crippen LogP contribution in [0, 0.1) is 5.92 Å². The van der Waals surface area contributed by atoms with Crippen molar-refractivity contribution in [1.29, 1.82) is 0 Å². The molecule has 0 heterocycles. The Kier molecular flexibility index (Phi) is 8.01. The van der Waals surface area contributed by atoms with Crippen molar-refractivity contribution in [2.45, 2.75) is 44.9 Å². The first-order valence-electron chi connectivity index (χ1n) is 9.47. The van der Waals surface area contributed by atoms with E-state index in [9.17, 15) is 19.2 Å². The van der Waals surface area contributed by atoms with Crippen LogP contribution in [0.2, 0.25) is 5.02 Å². The van der Waals surface area contributed by atoms with Gasteiger partial charge in [0, 0.05) is 23.9 Å². The maximum absolute atomic E-state index is 12.8. The molecule has 1 aliphatic carbocycles. The number of hydrogen-bond acceptors (Lipinski definition) is 6. The third-order valence-electron chi connectivity index (χ3n) is 4.86. The molecule has 1 aromatic carbocycles. The lowest BCUT2D eigenvalue weighted by Gasteiger charge is -2.36. The summed E-state index contributed by atoms with van der Waals surface area (Å²) in [5.41, 5.74) is -0.301. The Morgan fingerprint density at radius 3 is 2.52 bits per heavy atom. The topological polar surface area (TPSA) is 111 Å². The number of halogens is 1. The molecule has 0 aliphatic heterocycles. The fourth-order valence-electron chi connectivity index (χ4n) is 3.24. The van der Waals surface area contributed by atoms with Gasteiger partial charge in [-0.15, -0.1) is 0 Å². The summed E-state index contributed by atoms with van der Waals surface area (Å²) in [6, 6.07) is 7.03. The van der Waals surface area contributed by atoms with E-state index in [4.69, 9.17) is 11.6 Å². The van der Waals surface area contributed by atoms with Gasteiger partial charge in [-0.3, -0.25) is 9.59 Å². The van der Waals surface area contributed by atoms with Crippen molar-refractivity contribution >= 4 is 35.4 Å². The first-order chi connectivity index (χ1) is 13.8. The van der Waals surface area contributed by atoms with Crippen LogP contribution in [0.5, 0.6) is 0 Å². The highest BCUT2D eigenvalue weighted by molar-refractivity contribution is 6.31. The van der Waals surface area contributed by atoms with Gasteiger partial charge in [-0.1, -0.05) is 50.1 Å². The first kappa shape index (κ1) is 22.7. The molecular weight excluding hydrogens is 400 g/mol.